The van der Waals surface area contributed by atoms with E-state index in [1.165, 1.54) is 24.3 Å². The number of hydrogen-bond acceptors (Lipinski definition) is 5. The van der Waals surface area contributed by atoms with Gasteiger partial charge < -0.3 is 14.9 Å². The molecule has 0 saturated heterocycles. The predicted molar refractivity (Wildman–Crippen MR) is 130 cm³/mol. The summed E-state index contributed by atoms with van der Waals surface area (Å²) < 4.78 is 32.4. The van der Waals surface area contributed by atoms with Crippen LogP contribution in [0.15, 0.2) is 53.9 Å². The summed E-state index contributed by atoms with van der Waals surface area (Å²) in [6.45, 7) is 4.53. The molecule has 0 amide bonds. The van der Waals surface area contributed by atoms with Crippen LogP contribution < -0.4 is 16.1 Å². The molecule has 34 heavy (non-hydrogen) atoms. The van der Waals surface area contributed by atoms with E-state index in [0.29, 0.717) is 40.8 Å². The maximum Gasteiger partial charge on any atom is 0.177 e. The van der Waals surface area contributed by atoms with Crippen molar-refractivity contribution in [2.24, 2.45) is 17.9 Å². The van der Waals surface area contributed by atoms with Gasteiger partial charge in [0.15, 0.2) is 18.3 Å². The molecule has 0 radical (unpaired) electrons. The first-order valence-corrected chi connectivity index (χ1v) is 11.1. The monoisotopic (exact) mass is 464 g/mol. The van der Waals surface area contributed by atoms with E-state index in [-0.39, 0.29) is 17.2 Å². The summed E-state index contributed by atoms with van der Waals surface area (Å²) in [5, 5.41) is 5.74. The maximum absolute atomic E-state index is 14.3. The van der Waals surface area contributed by atoms with Crippen LogP contribution in [0, 0.1) is 11.6 Å². The summed E-state index contributed by atoms with van der Waals surface area (Å²) in [5.41, 5.74) is 11.6. The lowest BCUT2D eigenvalue weighted by atomic mass is 10.0. The van der Waals surface area contributed by atoms with Gasteiger partial charge >= 0.3 is 0 Å². The van der Waals surface area contributed by atoms with Crippen LogP contribution in [-0.4, -0.2) is 33.0 Å². The highest BCUT2D eigenvalue weighted by Crippen LogP contribution is 2.35. The van der Waals surface area contributed by atoms with E-state index < -0.39 is 6.17 Å². The highest BCUT2D eigenvalue weighted by molar-refractivity contribution is 6.21. The zero-order valence-corrected chi connectivity index (χ0v) is 19.2. The van der Waals surface area contributed by atoms with Gasteiger partial charge in [0, 0.05) is 53.4 Å². The van der Waals surface area contributed by atoms with Crippen LogP contribution >= 0.6 is 0 Å². The van der Waals surface area contributed by atoms with Crippen molar-refractivity contribution in [1.29, 1.82) is 0 Å². The average Bonchev–Trinajstić information content (AvgIpc) is 3.44. The first kappa shape index (κ1) is 22.1. The molecule has 1 atom stereocenters. The van der Waals surface area contributed by atoms with Gasteiger partial charge in [-0.25, -0.2) is 8.78 Å². The Morgan fingerprint density at radius 1 is 1.09 bits per heavy atom. The quantitative estimate of drug-likeness (QED) is 0.425. The highest BCUT2D eigenvalue weighted by Gasteiger charge is 2.34. The fourth-order valence-electron chi connectivity index (χ4n) is 4.49. The molecular weight excluding hydrogens is 438 g/mol. The fourth-order valence-corrected chi connectivity index (χ4v) is 4.49. The van der Waals surface area contributed by atoms with Crippen molar-refractivity contribution >= 4 is 39.6 Å². The molecule has 0 fully saturated rings. The van der Waals surface area contributed by atoms with Crippen LogP contribution in [0.1, 0.15) is 25.8 Å². The number of amidine groups is 1. The third-order valence-corrected chi connectivity index (χ3v) is 6.21. The Bertz CT molecular complexity index is 1450. The molecule has 0 aliphatic carbocycles. The summed E-state index contributed by atoms with van der Waals surface area (Å²) in [7, 11) is 1.87. The second-order valence-electron chi connectivity index (χ2n) is 9.44. The Hall–Kier alpha value is -3.72. The Labute approximate surface area is 195 Å². The number of nitrogens with two attached hydrogens (primary N) is 1. The van der Waals surface area contributed by atoms with Gasteiger partial charge in [-0.2, -0.15) is 5.10 Å². The molecule has 0 spiro atoms. The molecule has 4 aromatic rings. The standard InChI is InChI=1S/C25H26F2N6O/c1-25(2,28)8-9-32-13-22(18-11-16(27)5-7-21(18)32)33-23(14-34)29-30-24(33)19-12-31(3)20-6-4-15(26)10-17(19)20/h4-7,10-14,23,29H,8-9,28H2,1-3H3. The number of aldehydes is 1. The van der Waals surface area contributed by atoms with Gasteiger partial charge in [0.25, 0.3) is 0 Å². The van der Waals surface area contributed by atoms with Crippen molar-refractivity contribution in [3.05, 3.63) is 66.0 Å². The highest BCUT2D eigenvalue weighted by atomic mass is 19.1. The van der Waals surface area contributed by atoms with Crippen molar-refractivity contribution in [3.8, 4) is 0 Å². The largest absolute Gasteiger partial charge is 0.350 e. The molecule has 3 N–H and O–H groups in total. The number of aromatic nitrogens is 2. The van der Waals surface area contributed by atoms with Crippen LogP contribution in [0.5, 0.6) is 0 Å². The van der Waals surface area contributed by atoms with Gasteiger partial charge in [0.2, 0.25) is 0 Å². The number of carbonyl (C=O) groups is 1. The van der Waals surface area contributed by atoms with Crippen molar-refractivity contribution < 1.29 is 13.6 Å². The maximum atomic E-state index is 14.3. The van der Waals surface area contributed by atoms with E-state index >= 15 is 0 Å². The molecule has 0 bridgehead atoms. The first-order chi connectivity index (χ1) is 16.2. The molecule has 9 heteroatoms. The predicted octanol–water partition coefficient (Wildman–Crippen LogP) is 3.84. The topological polar surface area (TPSA) is 80.6 Å². The smallest absolute Gasteiger partial charge is 0.177 e. The lowest BCUT2D eigenvalue weighted by Gasteiger charge is -2.23. The number of hydrogen-bond donors (Lipinski definition) is 2. The normalized spacial score (nSPS) is 16.4. The van der Waals surface area contributed by atoms with E-state index in [2.05, 4.69) is 10.5 Å². The van der Waals surface area contributed by atoms with Crippen LogP contribution in [0.25, 0.3) is 21.8 Å². The third-order valence-electron chi connectivity index (χ3n) is 6.21. The summed E-state index contributed by atoms with van der Waals surface area (Å²) in [6.07, 6.45) is 4.38. The molecule has 2 aromatic heterocycles. The number of nitrogens with one attached hydrogen (secondary N) is 1. The molecule has 1 aliphatic heterocycles. The second-order valence-corrected chi connectivity index (χ2v) is 9.44. The number of halogens is 2. The Morgan fingerprint density at radius 2 is 1.76 bits per heavy atom. The van der Waals surface area contributed by atoms with Crippen molar-refractivity contribution in [2.45, 2.75) is 38.5 Å². The zero-order valence-electron chi connectivity index (χ0n) is 19.2. The number of rotatable bonds is 6. The summed E-state index contributed by atoms with van der Waals surface area (Å²) in [4.78, 5) is 13.8. The molecule has 176 valence electrons. The first-order valence-electron chi connectivity index (χ1n) is 11.1. The van der Waals surface area contributed by atoms with Gasteiger partial charge in [-0.3, -0.25) is 15.1 Å². The Balaban J connectivity index is 1.68. The minimum absolute atomic E-state index is 0.368. The van der Waals surface area contributed by atoms with E-state index in [4.69, 9.17) is 5.73 Å². The van der Waals surface area contributed by atoms with Crippen LogP contribution in [-0.2, 0) is 18.4 Å². The number of fused-ring (bicyclic) bond motifs is 2. The van der Waals surface area contributed by atoms with Crippen molar-refractivity contribution in [1.82, 2.24) is 14.6 Å². The summed E-state index contributed by atoms with van der Waals surface area (Å²) >= 11 is 0. The van der Waals surface area contributed by atoms with Crippen LogP contribution in [0.4, 0.5) is 14.5 Å². The average molecular weight is 465 g/mol. The molecule has 1 unspecified atom stereocenters. The lowest BCUT2D eigenvalue weighted by molar-refractivity contribution is -0.109. The van der Waals surface area contributed by atoms with Gasteiger partial charge in [-0.05, 0) is 56.7 Å². The third kappa shape index (κ3) is 3.71. The minimum Gasteiger partial charge on any atom is -0.350 e. The molecule has 1 aliphatic rings. The van der Waals surface area contributed by atoms with Gasteiger partial charge in [-0.15, -0.1) is 0 Å². The van der Waals surface area contributed by atoms with Crippen molar-refractivity contribution in [2.75, 3.05) is 4.90 Å². The molecule has 2 aromatic carbocycles. The van der Waals surface area contributed by atoms with E-state index in [1.807, 2.05) is 42.4 Å². The second kappa shape index (κ2) is 7.95. The fraction of sp³-hybridized carbons (Fsp3) is 0.280. The number of anilines is 1. The molecule has 0 saturated carbocycles. The van der Waals surface area contributed by atoms with Gasteiger partial charge in [-0.1, -0.05) is 0 Å². The minimum atomic E-state index is -0.799. The number of carbonyl (C=O) groups excluding carboxylic acids is 1. The SMILES string of the molecule is Cn1cc(C2=NNC(C=O)N2c2cn(CCC(C)(C)N)c3ccc(F)cc23)c2cc(F)ccc21. The Morgan fingerprint density at radius 3 is 2.44 bits per heavy atom. The van der Waals surface area contributed by atoms with Crippen LogP contribution in [0.2, 0.25) is 0 Å². The zero-order chi connectivity index (χ0) is 24.2. The van der Waals surface area contributed by atoms with E-state index in [1.54, 1.807) is 17.0 Å². The van der Waals surface area contributed by atoms with E-state index in [9.17, 15) is 13.6 Å². The van der Waals surface area contributed by atoms with E-state index in [0.717, 1.165) is 17.3 Å². The van der Waals surface area contributed by atoms with Crippen LogP contribution in [0.3, 0.4) is 0 Å². The number of nitrogens with zero attached hydrogens (tertiary/aromatic N) is 4. The summed E-state index contributed by atoms with van der Waals surface area (Å²) in [5.74, 6) is -0.296. The molecule has 3 heterocycles. The molecule has 7 nitrogen and oxygen atoms in total. The van der Waals surface area contributed by atoms with Gasteiger partial charge in [0.05, 0.1) is 11.2 Å². The van der Waals surface area contributed by atoms with Gasteiger partial charge in [0.1, 0.15) is 11.6 Å². The lowest BCUT2D eigenvalue weighted by Crippen LogP contribution is -2.41. The molecular formula is C25H26F2N6O. The number of benzene rings is 2. The number of hydrazone groups is 1. The Kier molecular flexibility index (Phi) is 5.16. The van der Waals surface area contributed by atoms with Crippen molar-refractivity contribution in [3.63, 3.8) is 0 Å². The molecule has 5 rings (SSSR count). The number of aryl methyl sites for hydroxylation is 2. The summed E-state index contributed by atoms with van der Waals surface area (Å²) in [6, 6.07) is 9.15.